The van der Waals surface area contributed by atoms with Crippen LogP contribution in [0.4, 0.5) is 5.69 Å². The summed E-state index contributed by atoms with van der Waals surface area (Å²) in [5.74, 6) is 0.160. The number of hydrogen-bond donors (Lipinski definition) is 1. The fourth-order valence-corrected chi connectivity index (χ4v) is 3.23. The molecule has 2 heterocycles. The Morgan fingerprint density at radius 1 is 1.47 bits per heavy atom. The van der Waals surface area contributed by atoms with Gasteiger partial charge in [-0.1, -0.05) is 6.07 Å². The van der Waals surface area contributed by atoms with Crippen molar-refractivity contribution in [3.8, 4) is 10.4 Å². The first-order chi connectivity index (χ1) is 9.19. The molecule has 5 heteroatoms. The van der Waals surface area contributed by atoms with Gasteiger partial charge in [-0.2, -0.15) is 0 Å². The lowest BCUT2D eigenvalue weighted by Gasteiger charge is -2.09. The molecule has 0 atom stereocenters. The van der Waals surface area contributed by atoms with E-state index in [1.54, 1.807) is 16.2 Å². The molecule has 4 nitrogen and oxygen atoms in total. The van der Waals surface area contributed by atoms with Crippen LogP contribution in [-0.4, -0.2) is 25.0 Å². The van der Waals surface area contributed by atoms with E-state index in [4.69, 9.17) is 0 Å². The van der Waals surface area contributed by atoms with E-state index >= 15 is 0 Å². The van der Waals surface area contributed by atoms with E-state index in [1.807, 2.05) is 26.4 Å². The van der Waals surface area contributed by atoms with E-state index in [-0.39, 0.29) is 5.91 Å². The van der Waals surface area contributed by atoms with Gasteiger partial charge < -0.3 is 10.2 Å². The van der Waals surface area contributed by atoms with Crippen LogP contribution in [0.5, 0.6) is 0 Å². The van der Waals surface area contributed by atoms with Gasteiger partial charge in [0.05, 0.1) is 11.3 Å². The molecule has 0 fully saturated rings. The average Bonchev–Trinajstić information content (AvgIpc) is 2.96. The quantitative estimate of drug-likeness (QED) is 0.931. The first kappa shape index (κ1) is 12.3. The Bertz CT molecular complexity index is 635. The molecule has 2 aromatic rings. The lowest BCUT2D eigenvalue weighted by molar-refractivity contribution is -0.117. The van der Waals surface area contributed by atoms with E-state index < -0.39 is 0 Å². The largest absolute Gasteiger partial charge is 0.315 e. The van der Waals surface area contributed by atoms with Crippen LogP contribution in [0.2, 0.25) is 0 Å². The molecule has 0 saturated carbocycles. The minimum Gasteiger partial charge on any atom is -0.315 e. The number of nitrogens with one attached hydrogen (secondary N) is 1. The zero-order valence-electron chi connectivity index (χ0n) is 10.9. The van der Waals surface area contributed by atoms with E-state index in [2.05, 4.69) is 22.4 Å². The molecule has 1 aliphatic rings. The van der Waals surface area contributed by atoms with Crippen LogP contribution in [0, 0.1) is 0 Å². The van der Waals surface area contributed by atoms with Crippen LogP contribution in [0.15, 0.2) is 24.4 Å². The van der Waals surface area contributed by atoms with Gasteiger partial charge in [0.1, 0.15) is 5.01 Å². The summed E-state index contributed by atoms with van der Waals surface area (Å²) in [6.07, 6.45) is 2.40. The van der Waals surface area contributed by atoms with Crippen molar-refractivity contribution < 1.29 is 4.79 Å². The molecule has 98 valence electrons. The Morgan fingerprint density at radius 2 is 2.32 bits per heavy atom. The van der Waals surface area contributed by atoms with Crippen molar-refractivity contribution in [2.75, 3.05) is 19.0 Å². The molecule has 0 unspecified atom stereocenters. The van der Waals surface area contributed by atoms with Crippen molar-refractivity contribution in [3.05, 3.63) is 35.0 Å². The summed E-state index contributed by atoms with van der Waals surface area (Å²) < 4.78 is 0. The van der Waals surface area contributed by atoms with Crippen molar-refractivity contribution in [1.29, 1.82) is 0 Å². The second-order valence-corrected chi connectivity index (χ2v) is 5.74. The van der Waals surface area contributed by atoms with Crippen LogP contribution in [0.1, 0.15) is 10.6 Å². The van der Waals surface area contributed by atoms with Gasteiger partial charge in [0.25, 0.3) is 0 Å². The number of likely N-dealkylation sites (N-methyl/N-ethyl adjacent to an activating group) is 1. The summed E-state index contributed by atoms with van der Waals surface area (Å²) in [7, 11) is 3.74. The number of carbonyl (C=O) groups excluding carboxylic acids is 1. The third kappa shape index (κ3) is 2.15. The number of hydrogen-bond acceptors (Lipinski definition) is 4. The van der Waals surface area contributed by atoms with Gasteiger partial charge in [0, 0.05) is 25.5 Å². The molecule has 0 aliphatic carbocycles. The molecular weight excluding hydrogens is 258 g/mol. The summed E-state index contributed by atoms with van der Waals surface area (Å²) in [4.78, 5) is 18.9. The lowest BCUT2D eigenvalue weighted by Crippen LogP contribution is -2.20. The molecule has 0 saturated heterocycles. The molecule has 0 radical (unpaired) electrons. The minimum absolute atomic E-state index is 0.160. The highest BCUT2D eigenvalue weighted by Gasteiger charge is 2.24. The Hall–Kier alpha value is -1.72. The Morgan fingerprint density at radius 3 is 3.11 bits per heavy atom. The molecule has 1 aromatic heterocycles. The van der Waals surface area contributed by atoms with E-state index in [1.165, 1.54) is 0 Å². The number of rotatable bonds is 3. The van der Waals surface area contributed by atoms with Crippen molar-refractivity contribution in [3.63, 3.8) is 0 Å². The SMILES string of the molecule is CNCc1ncc(-c2ccc3c(c2)CC(=O)N3C)s1. The van der Waals surface area contributed by atoms with Crippen molar-refractivity contribution in [2.24, 2.45) is 0 Å². The predicted octanol–water partition coefficient (Wildman–Crippen LogP) is 2.05. The smallest absolute Gasteiger partial charge is 0.231 e. The lowest BCUT2D eigenvalue weighted by atomic mass is 10.1. The van der Waals surface area contributed by atoms with Gasteiger partial charge in [-0.3, -0.25) is 4.79 Å². The van der Waals surface area contributed by atoms with E-state index in [0.717, 1.165) is 33.2 Å². The predicted molar refractivity (Wildman–Crippen MR) is 77.4 cm³/mol. The normalized spacial score (nSPS) is 14.0. The number of aromatic nitrogens is 1. The monoisotopic (exact) mass is 273 g/mol. The minimum atomic E-state index is 0.160. The molecule has 3 rings (SSSR count). The standard InChI is InChI=1S/C14H15N3OS/c1-15-8-13-16-7-12(19-13)9-3-4-11-10(5-9)6-14(18)17(11)2/h3-5,7,15H,6,8H2,1-2H3. The summed E-state index contributed by atoms with van der Waals surface area (Å²) >= 11 is 1.69. The summed E-state index contributed by atoms with van der Waals surface area (Å²) in [5.41, 5.74) is 3.27. The molecule has 0 spiro atoms. The highest BCUT2D eigenvalue weighted by molar-refractivity contribution is 7.15. The topological polar surface area (TPSA) is 45.2 Å². The number of thiazole rings is 1. The first-order valence-electron chi connectivity index (χ1n) is 6.18. The first-order valence-corrected chi connectivity index (χ1v) is 7.00. The molecule has 0 bridgehead atoms. The highest BCUT2D eigenvalue weighted by Crippen LogP contribution is 2.33. The number of benzene rings is 1. The van der Waals surface area contributed by atoms with Gasteiger partial charge >= 0.3 is 0 Å². The summed E-state index contributed by atoms with van der Waals surface area (Å²) in [6.45, 7) is 0.789. The zero-order valence-corrected chi connectivity index (χ0v) is 11.8. The van der Waals surface area contributed by atoms with Gasteiger partial charge in [-0.05, 0) is 30.3 Å². The zero-order chi connectivity index (χ0) is 13.4. The number of anilines is 1. The van der Waals surface area contributed by atoms with Gasteiger partial charge in [0.15, 0.2) is 0 Å². The van der Waals surface area contributed by atoms with Crippen LogP contribution >= 0.6 is 11.3 Å². The molecule has 1 aromatic carbocycles. The van der Waals surface area contributed by atoms with Crippen LogP contribution in [0.25, 0.3) is 10.4 Å². The third-order valence-electron chi connectivity index (χ3n) is 3.32. The summed E-state index contributed by atoms with van der Waals surface area (Å²) in [6, 6.07) is 6.19. The van der Waals surface area contributed by atoms with Crippen molar-refractivity contribution in [2.45, 2.75) is 13.0 Å². The Balaban J connectivity index is 1.94. The maximum atomic E-state index is 11.7. The van der Waals surface area contributed by atoms with Crippen molar-refractivity contribution >= 4 is 22.9 Å². The van der Waals surface area contributed by atoms with Gasteiger partial charge in [0.2, 0.25) is 5.91 Å². The number of carbonyl (C=O) groups is 1. The van der Waals surface area contributed by atoms with E-state index in [9.17, 15) is 4.79 Å². The fourth-order valence-electron chi connectivity index (χ4n) is 2.30. The van der Waals surface area contributed by atoms with Gasteiger partial charge in [-0.15, -0.1) is 11.3 Å². The third-order valence-corrected chi connectivity index (χ3v) is 4.37. The number of amides is 1. The van der Waals surface area contributed by atoms with Crippen LogP contribution in [0.3, 0.4) is 0 Å². The maximum absolute atomic E-state index is 11.7. The fraction of sp³-hybridized carbons (Fsp3) is 0.286. The highest BCUT2D eigenvalue weighted by atomic mass is 32.1. The summed E-state index contributed by atoms with van der Waals surface area (Å²) in [5, 5.41) is 4.17. The van der Waals surface area contributed by atoms with Crippen LogP contribution < -0.4 is 10.2 Å². The van der Waals surface area contributed by atoms with E-state index in [0.29, 0.717) is 6.42 Å². The Kier molecular flexibility index (Phi) is 3.08. The maximum Gasteiger partial charge on any atom is 0.231 e. The number of fused-ring (bicyclic) bond motifs is 1. The molecule has 19 heavy (non-hydrogen) atoms. The van der Waals surface area contributed by atoms with Gasteiger partial charge in [-0.25, -0.2) is 4.98 Å². The average molecular weight is 273 g/mol. The van der Waals surface area contributed by atoms with Crippen LogP contribution in [-0.2, 0) is 17.8 Å². The Labute approximate surface area is 116 Å². The van der Waals surface area contributed by atoms with Crippen molar-refractivity contribution in [1.82, 2.24) is 10.3 Å². The number of nitrogens with zero attached hydrogens (tertiary/aromatic N) is 2. The second kappa shape index (κ2) is 4.75. The second-order valence-electron chi connectivity index (χ2n) is 4.62. The molecular formula is C14H15N3OS. The molecule has 1 N–H and O–H groups in total. The molecule has 1 amide bonds. The molecule has 1 aliphatic heterocycles.